The lowest BCUT2D eigenvalue weighted by molar-refractivity contribution is 0.114. The van der Waals surface area contributed by atoms with Crippen molar-refractivity contribution < 1.29 is 8.81 Å². The van der Waals surface area contributed by atoms with Gasteiger partial charge < -0.3 is 4.42 Å². The van der Waals surface area contributed by atoms with Gasteiger partial charge in [0.2, 0.25) is 5.89 Å². The molecule has 0 saturated carbocycles. The molecule has 0 bridgehead atoms. The summed E-state index contributed by atoms with van der Waals surface area (Å²) in [5.74, 6) is 1.12. The molecule has 1 aliphatic rings. The number of rotatable bonds is 5. The van der Waals surface area contributed by atoms with E-state index < -0.39 is 0 Å². The third-order valence-corrected chi connectivity index (χ3v) is 6.22. The van der Waals surface area contributed by atoms with Gasteiger partial charge in [0.15, 0.2) is 5.76 Å². The zero-order valence-corrected chi connectivity index (χ0v) is 16.7. The fourth-order valence-corrected chi connectivity index (χ4v) is 4.62. The molecule has 0 spiro atoms. The quantitative estimate of drug-likeness (QED) is 0.490. The van der Waals surface area contributed by atoms with Gasteiger partial charge >= 0.3 is 0 Å². The molecule has 1 aliphatic heterocycles. The molecule has 1 fully saturated rings. The summed E-state index contributed by atoms with van der Waals surface area (Å²) in [5.41, 5.74) is 1.93. The third-order valence-electron chi connectivity index (χ3n) is 5.20. The lowest BCUT2D eigenvalue weighted by Gasteiger charge is -2.33. The fourth-order valence-electron chi connectivity index (χ4n) is 3.61. The van der Waals surface area contributed by atoms with Gasteiger partial charge in [0.05, 0.1) is 29.5 Å². The van der Waals surface area contributed by atoms with E-state index in [1.807, 2.05) is 6.07 Å². The number of oxazole rings is 1. The molecule has 3 heterocycles. The van der Waals surface area contributed by atoms with Gasteiger partial charge in [-0.15, -0.1) is 11.3 Å². The van der Waals surface area contributed by atoms with Gasteiger partial charge in [0.1, 0.15) is 10.8 Å². The van der Waals surface area contributed by atoms with E-state index in [-0.39, 0.29) is 5.82 Å². The number of thiazole rings is 1. The average Bonchev–Trinajstić information content (AvgIpc) is 3.36. The molecular weight excluding hydrogens is 387 g/mol. The number of halogens is 1. The van der Waals surface area contributed by atoms with E-state index in [1.165, 1.54) is 21.8 Å². The van der Waals surface area contributed by atoms with Crippen molar-refractivity contribution in [1.82, 2.24) is 19.8 Å². The van der Waals surface area contributed by atoms with Crippen molar-refractivity contribution in [2.75, 3.05) is 26.2 Å². The Morgan fingerprint density at radius 1 is 0.931 bits per heavy atom. The predicted molar refractivity (Wildman–Crippen MR) is 112 cm³/mol. The molecule has 29 heavy (non-hydrogen) atoms. The number of fused-ring (bicyclic) bond motifs is 1. The first-order chi connectivity index (χ1) is 14.2. The Hall–Kier alpha value is -2.61. The van der Waals surface area contributed by atoms with Gasteiger partial charge in [0, 0.05) is 31.7 Å². The Balaban J connectivity index is 1.15. The van der Waals surface area contributed by atoms with Crippen LogP contribution in [0.25, 0.3) is 21.5 Å². The van der Waals surface area contributed by atoms with Crippen LogP contribution in [0, 0.1) is 5.82 Å². The maximum absolute atomic E-state index is 13.1. The number of piperazine rings is 1. The molecule has 5 rings (SSSR count). The Labute approximate surface area is 172 Å². The van der Waals surface area contributed by atoms with Crippen LogP contribution in [0.5, 0.6) is 0 Å². The van der Waals surface area contributed by atoms with Crippen molar-refractivity contribution in [2.24, 2.45) is 0 Å². The average molecular weight is 409 g/mol. The number of hydrogen-bond donors (Lipinski definition) is 0. The molecule has 5 nitrogen and oxygen atoms in total. The summed E-state index contributed by atoms with van der Waals surface area (Å²) >= 11 is 1.78. The number of para-hydroxylation sites is 1. The fraction of sp³-hybridized carbons (Fsp3) is 0.273. The molecule has 0 aliphatic carbocycles. The first-order valence-electron chi connectivity index (χ1n) is 9.73. The van der Waals surface area contributed by atoms with Gasteiger partial charge in [-0.05, 0) is 36.4 Å². The van der Waals surface area contributed by atoms with Crippen molar-refractivity contribution in [2.45, 2.75) is 13.1 Å². The highest BCUT2D eigenvalue weighted by molar-refractivity contribution is 7.18. The van der Waals surface area contributed by atoms with Crippen LogP contribution in [-0.4, -0.2) is 45.9 Å². The monoisotopic (exact) mass is 408 g/mol. The second-order valence-electron chi connectivity index (χ2n) is 7.25. The molecule has 0 amide bonds. The molecule has 0 atom stereocenters. The molecule has 2 aromatic heterocycles. The molecule has 2 aromatic carbocycles. The summed E-state index contributed by atoms with van der Waals surface area (Å²) in [6.45, 7) is 5.54. The first kappa shape index (κ1) is 18.4. The number of hydrogen-bond acceptors (Lipinski definition) is 6. The van der Waals surface area contributed by atoms with Crippen LogP contribution in [-0.2, 0) is 13.1 Å². The minimum absolute atomic E-state index is 0.253. The van der Waals surface area contributed by atoms with Crippen LogP contribution in [0.1, 0.15) is 10.9 Å². The van der Waals surface area contributed by atoms with E-state index in [4.69, 9.17) is 9.40 Å². The number of nitrogens with zero attached hydrogens (tertiary/aromatic N) is 4. The van der Waals surface area contributed by atoms with E-state index in [0.29, 0.717) is 18.2 Å². The van der Waals surface area contributed by atoms with E-state index >= 15 is 0 Å². The highest BCUT2D eigenvalue weighted by Gasteiger charge is 2.20. The number of benzene rings is 2. The van der Waals surface area contributed by atoms with Crippen LogP contribution < -0.4 is 0 Å². The third kappa shape index (κ3) is 4.22. The zero-order valence-electron chi connectivity index (χ0n) is 15.9. The summed E-state index contributed by atoms with van der Waals surface area (Å²) in [6.07, 6.45) is 1.71. The molecule has 4 aromatic rings. The van der Waals surface area contributed by atoms with E-state index in [2.05, 4.69) is 33.0 Å². The van der Waals surface area contributed by atoms with Crippen molar-refractivity contribution in [3.8, 4) is 11.3 Å². The largest absolute Gasteiger partial charge is 0.439 e. The van der Waals surface area contributed by atoms with Crippen molar-refractivity contribution >= 4 is 21.6 Å². The van der Waals surface area contributed by atoms with Crippen LogP contribution in [0.2, 0.25) is 0 Å². The smallest absolute Gasteiger partial charge is 0.209 e. The second-order valence-corrected chi connectivity index (χ2v) is 8.37. The Bertz CT molecular complexity index is 1070. The minimum atomic E-state index is -0.253. The highest BCUT2D eigenvalue weighted by Crippen LogP contribution is 2.24. The van der Waals surface area contributed by atoms with Gasteiger partial charge in [-0.1, -0.05) is 12.1 Å². The zero-order chi connectivity index (χ0) is 19.6. The van der Waals surface area contributed by atoms with Gasteiger partial charge in [-0.25, -0.2) is 14.4 Å². The van der Waals surface area contributed by atoms with Crippen molar-refractivity contribution in [3.63, 3.8) is 0 Å². The maximum atomic E-state index is 13.1. The van der Waals surface area contributed by atoms with Crippen molar-refractivity contribution in [1.29, 1.82) is 0 Å². The maximum Gasteiger partial charge on any atom is 0.209 e. The van der Waals surface area contributed by atoms with Crippen LogP contribution in [0.4, 0.5) is 4.39 Å². The van der Waals surface area contributed by atoms with Crippen LogP contribution in [0.15, 0.2) is 59.1 Å². The predicted octanol–water partition coefficient (Wildman–Crippen LogP) is 4.41. The standard InChI is InChI=1S/C22H21FN4OS/c23-17-7-5-16(6-8-17)19-13-24-21(28-19)14-26-9-11-27(12-10-26)15-22-25-18-3-1-2-4-20(18)29-22/h1-8,13H,9-12,14-15H2. The first-order valence-corrected chi connectivity index (χ1v) is 10.5. The Morgan fingerprint density at radius 2 is 1.66 bits per heavy atom. The topological polar surface area (TPSA) is 45.4 Å². The van der Waals surface area contributed by atoms with Gasteiger partial charge in [-0.3, -0.25) is 9.80 Å². The highest BCUT2D eigenvalue weighted by atomic mass is 32.1. The van der Waals surface area contributed by atoms with E-state index in [9.17, 15) is 4.39 Å². The second kappa shape index (κ2) is 8.02. The lowest BCUT2D eigenvalue weighted by atomic mass is 10.2. The van der Waals surface area contributed by atoms with E-state index in [1.54, 1.807) is 29.7 Å². The normalized spacial score (nSPS) is 15.9. The number of aromatic nitrogens is 2. The molecule has 1 saturated heterocycles. The summed E-state index contributed by atoms with van der Waals surface area (Å²) < 4.78 is 20.2. The summed E-state index contributed by atoms with van der Waals surface area (Å²) in [5, 5.41) is 1.18. The van der Waals surface area contributed by atoms with Crippen molar-refractivity contribution in [3.05, 3.63) is 71.4 Å². The summed E-state index contributed by atoms with van der Waals surface area (Å²) in [7, 11) is 0. The van der Waals surface area contributed by atoms with Crippen LogP contribution in [0.3, 0.4) is 0 Å². The SMILES string of the molecule is Fc1ccc(-c2cnc(CN3CCN(Cc4nc5ccccc5s4)CC3)o2)cc1. The van der Waals surface area contributed by atoms with Crippen LogP contribution >= 0.6 is 11.3 Å². The molecule has 148 valence electrons. The molecular formula is C22H21FN4OS. The lowest BCUT2D eigenvalue weighted by Crippen LogP contribution is -2.45. The molecule has 0 N–H and O–H groups in total. The van der Waals surface area contributed by atoms with E-state index in [0.717, 1.165) is 43.8 Å². The summed E-state index contributed by atoms with van der Waals surface area (Å²) in [4.78, 5) is 13.9. The Morgan fingerprint density at radius 3 is 2.41 bits per heavy atom. The minimum Gasteiger partial charge on any atom is -0.439 e. The molecule has 7 heteroatoms. The Kier molecular flexibility index (Phi) is 5.10. The molecule has 0 radical (unpaired) electrons. The van der Waals surface area contributed by atoms with Gasteiger partial charge in [-0.2, -0.15) is 0 Å². The van der Waals surface area contributed by atoms with Gasteiger partial charge in [0.25, 0.3) is 0 Å². The molecule has 0 unspecified atom stereocenters. The summed E-state index contributed by atoms with van der Waals surface area (Å²) in [6, 6.07) is 14.6.